The molecule has 0 aromatic carbocycles. The molecule has 1 heterocycles. The molecule has 1 aromatic rings. The quantitative estimate of drug-likeness (QED) is 0.639. The third-order valence-corrected chi connectivity index (χ3v) is 2.08. The summed E-state index contributed by atoms with van der Waals surface area (Å²) in [6, 6.07) is 0. The summed E-state index contributed by atoms with van der Waals surface area (Å²) < 4.78 is 2.07. The number of imidazole rings is 1. The minimum Gasteiger partial charge on any atom is -0.332 e. The molecular formula is C9H14N2O. The van der Waals surface area contributed by atoms with Gasteiger partial charge >= 0.3 is 0 Å². The Bertz CT molecular complexity index is 289. The zero-order chi connectivity index (χ0) is 9.14. The van der Waals surface area contributed by atoms with Crippen molar-refractivity contribution in [3.8, 4) is 0 Å². The van der Waals surface area contributed by atoms with E-state index in [1.165, 1.54) is 0 Å². The van der Waals surface area contributed by atoms with Crippen LogP contribution in [-0.2, 0) is 13.0 Å². The van der Waals surface area contributed by atoms with E-state index in [0.29, 0.717) is 5.69 Å². The number of aryl methyl sites for hydroxylation is 1. The molecule has 1 aromatic heterocycles. The van der Waals surface area contributed by atoms with Crippen LogP contribution >= 0.6 is 0 Å². The van der Waals surface area contributed by atoms with Gasteiger partial charge in [-0.05, 0) is 13.8 Å². The molecule has 0 radical (unpaired) electrons. The first-order chi connectivity index (χ1) is 5.74. The lowest BCUT2D eigenvalue weighted by atomic mass is 10.4. The normalized spacial score (nSPS) is 10.2. The summed E-state index contributed by atoms with van der Waals surface area (Å²) in [7, 11) is 0. The van der Waals surface area contributed by atoms with Gasteiger partial charge in [0.1, 0.15) is 11.5 Å². The Morgan fingerprint density at radius 3 is 2.50 bits per heavy atom. The first-order valence-corrected chi connectivity index (χ1v) is 4.25. The molecule has 3 heteroatoms. The van der Waals surface area contributed by atoms with Gasteiger partial charge in [0.2, 0.25) is 0 Å². The van der Waals surface area contributed by atoms with Gasteiger partial charge in [-0.25, -0.2) is 4.98 Å². The fourth-order valence-corrected chi connectivity index (χ4v) is 1.41. The molecule has 0 fully saturated rings. The third-order valence-electron chi connectivity index (χ3n) is 2.08. The molecule has 0 saturated heterocycles. The lowest BCUT2D eigenvalue weighted by molar-refractivity contribution is 0.111. The molecule has 12 heavy (non-hydrogen) atoms. The second-order valence-electron chi connectivity index (χ2n) is 2.71. The van der Waals surface area contributed by atoms with E-state index in [9.17, 15) is 4.79 Å². The average molecular weight is 166 g/mol. The zero-order valence-corrected chi connectivity index (χ0v) is 7.79. The number of aromatic nitrogens is 2. The van der Waals surface area contributed by atoms with Crippen LogP contribution in [-0.4, -0.2) is 15.8 Å². The fourth-order valence-electron chi connectivity index (χ4n) is 1.41. The Kier molecular flexibility index (Phi) is 2.63. The Morgan fingerprint density at radius 2 is 2.17 bits per heavy atom. The van der Waals surface area contributed by atoms with E-state index in [1.807, 2.05) is 13.8 Å². The fraction of sp³-hybridized carbons (Fsp3) is 0.556. The van der Waals surface area contributed by atoms with Crippen LogP contribution < -0.4 is 0 Å². The molecule has 1 rings (SSSR count). The van der Waals surface area contributed by atoms with Crippen LogP contribution in [0.4, 0.5) is 0 Å². The first kappa shape index (κ1) is 8.97. The van der Waals surface area contributed by atoms with Crippen molar-refractivity contribution >= 4 is 6.29 Å². The maximum atomic E-state index is 10.5. The Morgan fingerprint density at radius 1 is 1.50 bits per heavy atom. The molecule has 0 spiro atoms. The Hall–Kier alpha value is -1.12. The highest BCUT2D eigenvalue weighted by atomic mass is 16.1. The van der Waals surface area contributed by atoms with Crippen molar-refractivity contribution in [2.45, 2.75) is 33.7 Å². The standard InChI is InChI=1S/C9H14N2O/c1-4-9-10-8(6-12)7(3)11(9)5-2/h6H,4-5H2,1-3H3. The summed E-state index contributed by atoms with van der Waals surface area (Å²) in [5, 5.41) is 0. The SMILES string of the molecule is CCc1nc(C=O)c(C)n1CC. The monoisotopic (exact) mass is 166 g/mol. The molecule has 3 nitrogen and oxygen atoms in total. The van der Waals surface area contributed by atoms with Crippen molar-refractivity contribution in [1.29, 1.82) is 0 Å². The van der Waals surface area contributed by atoms with Gasteiger partial charge in [-0.3, -0.25) is 4.79 Å². The van der Waals surface area contributed by atoms with E-state index >= 15 is 0 Å². The van der Waals surface area contributed by atoms with Crippen molar-refractivity contribution in [2.75, 3.05) is 0 Å². The molecule has 0 unspecified atom stereocenters. The molecule has 0 aliphatic heterocycles. The molecule has 0 aliphatic carbocycles. The number of rotatable bonds is 3. The second kappa shape index (κ2) is 3.52. The molecular weight excluding hydrogens is 152 g/mol. The van der Waals surface area contributed by atoms with Crippen molar-refractivity contribution in [3.63, 3.8) is 0 Å². The minimum absolute atomic E-state index is 0.578. The van der Waals surface area contributed by atoms with E-state index < -0.39 is 0 Å². The second-order valence-corrected chi connectivity index (χ2v) is 2.71. The molecule has 0 saturated carbocycles. The van der Waals surface area contributed by atoms with Crippen molar-refractivity contribution in [1.82, 2.24) is 9.55 Å². The average Bonchev–Trinajstić information content (AvgIpc) is 2.41. The topological polar surface area (TPSA) is 34.9 Å². The summed E-state index contributed by atoms with van der Waals surface area (Å²) in [6.07, 6.45) is 1.70. The molecule has 0 atom stereocenters. The van der Waals surface area contributed by atoms with Crippen LogP contribution in [0.2, 0.25) is 0 Å². The summed E-state index contributed by atoms with van der Waals surface area (Å²) in [5.41, 5.74) is 1.55. The van der Waals surface area contributed by atoms with Crippen molar-refractivity contribution in [3.05, 3.63) is 17.2 Å². The number of carbonyl (C=O) groups excluding carboxylic acids is 1. The predicted octanol–water partition coefficient (Wildman–Crippen LogP) is 1.59. The van der Waals surface area contributed by atoms with Gasteiger partial charge in [0.05, 0.1) is 0 Å². The van der Waals surface area contributed by atoms with E-state index in [1.54, 1.807) is 0 Å². The Labute approximate surface area is 72.4 Å². The van der Waals surface area contributed by atoms with Gasteiger partial charge in [0, 0.05) is 18.7 Å². The minimum atomic E-state index is 0.578. The largest absolute Gasteiger partial charge is 0.332 e. The highest BCUT2D eigenvalue weighted by Gasteiger charge is 2.09. The lowest BCUT2D eigenvalue weighted by Gasteiger charge is -2.03. The maximum absolute atomic E-state index is 10.5. The number of hydrogen-bond acceptors (Lipinski definition) is 2. The molecule has 0 aliphatic rings. The van der Waals surface area contributed by atoms with Gasteiger partial charge in [0.15, 0.2) is 6.29 Å². The summed E-state index contributed by atoms with van der Waals surface area (Å²) in [5.74, 6) is 0.997. The molecule has 0 bridgehead atoms. The lowest BCUT2D eigenvalue weighted by Crippen LogP contribution is -2.02. The van der Waals surface area contributed by atoms with E-state index in [0.717, 1.165) is 30.8 Å². The van der Waals surface area contributed by atoms with Crippen LogP contribution in [0, 0.1) is 6.92 Å². The number of aldehydes is 1. The molecule has 0 N–H and O–H groups in total. The predicted molar refractivity (Wildman–Crippen MR) is 47.4 cm³/mol. The Balaban J connectivity index is 3.22. The van der Waals surface area contributed by atoms with Crippen LogP contribution in [0.5, 0.6) is 0 Å². The van der Waals surface area contributed by atoms with Crippen LogP contribution in [0.15, 0.2) is 0 Å². The third kappa shape index (κ3) is 1.26. The van der Waals surface area contributed by atoms with E-state index in [4.69, 9.17) is 0 Å². The van der Waals surface area contributed by atoms with Gasteiger partial charge in [0.25, 0.3) is 0 Å². The zero-order valence-electron chi connectivity index (χ0n) is 7.79. The molecule has 0 amide bonds. The number of carbonyl (C=O) groups is 1. The van der Waals surface area contributed by atoms with Gasteiger partial charge in [-0.1, -0.05) is 6.92 Å². The smallest absolute Gasteiger partial charge is 0.170 e. The number of nitrogens with zero attached hydrogens (tertiary/aromatic N) is 2. The van der Waals surface area contributed by atoms with Crippen molar-refractivity contribution in [2.24, 2.45) is 0 Å². The maximum Gasteiger partial charge on any atom is 0.170 e. The van der Waals surface area contributed by atoms with Gasteiger partial charge in [-0.15, -0.1) is 0 Å². The van der Waals surface area contributed by atoms with Gasteiger partial charge < -0.3 is 4.57 Å². The number of hydrogen-bond donors (Lipinski definition) is 0. The molecule has 66 valence electrons. The van der Waals surface area contributed by atoms with E-state index in [-0.39, 0.29) is 0 Å². The highest BCUT2D eigenvalue weighted by Crippen LogP contribution is 2.09. The highest BCUT2D eigenvalue weighted by molar-refractivity contribution is 5.73. The van der Waals surface area contributed by atoms with Crippen LogP contribution in [0.1, 0.15) is 35.9 Å². The van der Waals surface area contributed by atoms with Crippen LogP contribution in [0.25, 0.3) is 0 Å². The first-order valence-electron chi connectivity index (χ1n) is 4.25. The summed E-state index contributed by atoms with van der Waals surface area (Å²) >= 11 is 0. The summed E-state index contributed by atoms with van der Waals surface area (Å²) in [6.45, 7) is 6.92. The van der Waals surface area contributed by atoms with Crippen molar-refractivity contribution < 1.29 is 4.79 Å². The van der Waals surface area contributed by atoms with Crippen LogP contribution in [0.3, 0.4) is 0 Å². The van der Waals surface area contributed by atoms with E-state index in [2.05, 4.69) is 16.5 Å². The van der Waals surface area contributed by atoms with Gasteiger partial charge in [-0.2, -0.15) is 0 Å². The summed E-state index contributed by atoms with van der Waals surface area (Å²) in [4.78, 5) is 14.8.